The van der Waals surface area contributed by atoms with Gasteiger partial charge in [-0.15, -0.1) is 10.2 Å². The van der Waals surface area contributed by atoms with Gasteiger partial charge in [0.1, 0.15) is 18.1 Å². The van der Waals surface area contributed by atoms with Crippen molar-refractivity contribution in [1.29, 1.82) is 0 Å². The first-order chi connectivity index (χ1) is 9.83. The molecule has 0 saturated heterocycles. The molecule has 2 heterocycles. The molecule has 98 valence electrons. The maximum absolute atomic E-state index is 9.39. The van der Waals surface area contributed by atoms with Crippen molar-refractivity contribution in [1.82, 2.24) is 14.8 Å². The summed E-state index contributed by atoms with van der Waals surface area (Å²) in [6.07, 6.45) is 0. The van der Waals surface area contributed by atoms with E-state index in [0.29, 0.717) is 6.61 Å². The van der Waals surface area contributed by atoms with Gasteiger partial charge in [0.25, 0.3) is 0 Å². The van der Waals surface area contributed by atoms with E-state index in [2.05, 4.69) is 10.2 Å². The quantitative estimate of drug-likeness (QED) is 0.734. The Morgan fingerprint density at radius 1 is 1.00 bits per heavy atom. The Bertz CT molecular complexity index is 778. The summed E-state index contributed by atoms with van der Waals surface area (Å²) in [7, 11) is 0. The minimum atomic E-state index is 0.232. The molecule has 1 aliphatic heterocycles. The summed E-state index contributed by atoms with van der Waals surface area (Å²) in [6.45, 7) is 0.405. The van der Waals surface area contributed by atoms with Crippen LogP contribution in [0, 0.1) is 0 Å². The van der Waals surface area contributed by atoms with Crippen molar-refractivity contribution in [3.63, 3.8) is 0 Å². The van der Waals surface area contributed by atoms with Crippen LogP contribution in [0.3, 0.4) is 0 Å². The van der Waals surface area contributed by atoms with E-state index in [0.717, 1.165) is 28.6 Å². The summed E-state index contributed by atoms with van der Waals surface area (Å²) in [4.78, 5) is 0. The molecular weight excluding hydrogens is 254 g/mol. The van der Waals surface area contributed by atoms with E-state index in [1.165, 1.54) is 0 Å². The van der Waals surface area contributed by atoms with E-state index in [-0.39, 0.29) is 5.75 Å². The van der Waals surface area contributed by atoms with Crippen molar-refractivity contribution < 1.29 is 9.84 Å². The fourth-order valence-corrected chi connectivity index (χ4v) is 2.37. The highest BCUT2D eigenvalue weighted by Gasteiger charge is 2.22. The van der Waals surface area contributed by atoms with Crippen LogP contribution in [0.5, 0.6) is 11.5 Å². The van der Waals surface area contributed by atoms with Crippen LogP contribution in [-0.4, -0.2) is 19.9 Å². The van der Waals surface area contributed by atoms with Gasteiger partial charge in [0, 0.05) is 5.56 Å². The van der Waals surface area contributed by atoms with Gasteiger partial charge in [-0.25, -0.2) is 0 Å². The van der Waals surface area contributed by atoms with Gasteiger partial charge in [-0.2, -0.15) is 0 Å². The molecule has 2 aromatic carbocycles. The number of aromatic nitrogens is 3. The highest BCUT2D eigenvalue weighted by Crippen LogP contribution is 2.33. The first kappa shape index (κ1) is 11.0. The topological polar surface area (TPSA) is 60.2 Å². The summed E-state index contributed by atoms with van der Waals surface area (Å²) in [5.74, 6) is 2.57. The maximum atomic E-state index is 9.39. The molecule has 3 aromatic rings. The van der Waals surface area contributed by atoms with E-state index in [1.54, 1.807) is 12.1 Å². The third-order valence-electron chi connectivity index (χ3n) is 3.32. The van der Waals surface area contributed by atoms with Crippen LogP contribution in [0.4, 0.5) is 0 Å². The van der Waals surface area contributed by atoms with Gasteiger partial charge in [-0.3, -0.25) is 4.57 Å². The zero-order valence-electron chi connectivity index (χ0n) is 10.5. The lowest BCUT2D eigenvalue weighted by atomic mass is 10.2. The van der Waals surface area contributed by atoms with E-state index in [4.69, 9.17) is 4.74 Å². The normalized spacial score (nSPS) is 12.4. The molecule has 0 bridgehead atoms. The van der Waals surface area contributed by atoms with E-state index in [1.807, 2.05) is 41.0 Å². The number of benzene rings is 2. The van der Waals surface area contributed by atoms with E-state index < -0.39 is 0 Å². The summed E-state index contributed by atoms with van der Waals surface area (Å²) in [5, 5.41) is 17.8. The number of rotatable bonds is 1. The van der Waals surface area contributed by atoms with Crippen LogP contribution < -0.4 is 4.74 Å². The average molecular weight is 265 g/mol. The second-order valence-electron chi connectivity index (χ2n) is 4.58. The van der Waals surface area contributed by atoms with Gasteiger partial charge in [0.2, 0.25) is 0 Å². The van der Waals surface area contributed by atoms with Gasteiger partial charge in [-0.1, -0.05) is 12.1 Å². The first-order valence-electron chi connectivity index (χ1n) is 6.29. The Kier molecular flexibility index (Phi) is 2.26. The average Bonchev–Trinajstić information content (AvgIpc) is 2.92. The lowest BCUT2D eigenvalue weighted by Crippen LogP contribution is -2.13. The van der Waals surface area contributed by atoms with Crippen LogP contribution in [0.25, 0.3) is 17.1 Å². The smallest absolute Gasteiger partial charge is 0.176 e. The van der Waals surface area contributed by atoms with E-state index >= 15 is 0 Å². The summed E-state index contributed by atoms with van der Waals surface area (Å²) in [5.41, 5.74) is 1.83. The molecule has 1 aliphatic rings. The lowest BCUT2D eigenvalue weighted by molar-refractivity contribution is 0.279. The molecule has 20 heavy (non-hydrogen) atoms. The standard InChI is InChI=1S/C15H11N3O2/c19-11-7-5-10(6-8-11)15-17-16-14-9-20-13-4-2-1-3-12(13)18(14)15/h1-8,19H,9H2. The van der Waals surface area contributed by atoms with Crippen LogP contribution in [0.15, 0.2) is 48.5 Å². The van der Waals surface area contributed by atoms with Gasteiger partial charge < -0.3 is 9.84 Å². The minimum Gasteiger partial charge on any atom is -0.508 e. The Morgan fingerprint density at radius 2 is 1.80 bits per heavy atom. The number of aromatic hydroxyl groups is 1. The lowest BCUT2D eigenvalue weighted by Gasteiger charge is -2.19. The molecule has 4 rings (SSSR count). The highest BCUT2D eigenvalue weighted by atomic mass is 16.5. The molecule has 5 heteroatoms. The fraction of sp³-hybridized carbons (Fsp3) is 0.0667. The third-order valence-corrected chi connectivity index (χ3v) is 3.32. The number of para-hydroxylation sites is 2. The molecule has 0 saturated carbocycles. The number of phenolic OH excluding ortho intramolecular Hbond substituents is 1. The SMILES string of the molecule is Oc1ccc(-c2nnc3n2-c2ccccc2OC3)cc1. The second kappa shape index (κ2) is 4.09. The number of phenols is 1. The van der Waals surface area contributed by atoms with Gasteiger partial charge in [0.05, 0.1) is 5.69 Å². The molecule has 0 aliphatic carbocycles. The van der Waals surface area contributed by atoms with Crippen LogP contribution >= 0.6 is 0 Å². The van der Waals surface area contributed by atoms with Gasteiger partial charge in [-0.05, 0) is 36.4 Å². The molecule has 0 unspecified atom stereocenters. The highest BCUT2D eigenvalue weighted by molar-refractivity contribution is 5.62. The Morgan fingerprint density at radius 3 is 2.65 bits per heavy atom. The van der Waals surface area contributed by atoms with E-state index in [9.17, 15) is 5.11 Å². The number of hydrogen-bond donors (Lipinski definition) is 1. The Balaban J connectivity index is 1.93. The van der Waals surface area contributed by atoms with Gasteiger partial charge in [0.15, 0.2) is 11.6 Å². The zero-order valence-corrected chi connectivity index (χ0v) is 10.5. The summed E-state index contributed by atoms with van der Waals surface area (Å²) >= 11 is 0. The summed E-state index contributed by atoms with van der Waals surface area (Å²) < 4.78 is 7.65. The van der Waals surface area contributed by atoms with Crippen molar-refractivity contribution in [2.75, 3.05) is 0 Å². The minimum absolute atomic E-state index is 0.232. The van der Waals surface area contributed by atoms with Crippen molar-refractivity contribution in [3.8, 4) is 28.6 Å². The molecule has 0 atom stereocenters. The van der Waals surface area contributed by atoms with Crippen molar-refractivity contribution >= 4 is 0 Å². The number of nitrogens with zero attached hydrogens (tertiary/aromatic N) is 3. The van der Waals surface area contributed by atoms with Crippen molar-refractivity contribution in [2.24, 2.45) is 0 Å². The van der Waals surface area contributed by atoms with Crippen LogP contribution in [-0.2, 0) is 6.61 Å². The number of fused-ring (bicyclic) bond motifs is 3. The van der Waals surface area contributed by atoms with Crippen molar-refractivity contribution in [3.05, 3.63) is 54.4 Å². The van der Waals surface area contributed by atoms with Gasteiger partial charge >= 0.3 is 0 Å². The number of hydrogen-bond acceptors (Lipinski definition) is 4. The molecule has 5 nitrogen and oxygen atoms in total. The molecule has 0 spiro atoms. The molecule has 1 aromatic heterocycles. The molecule has 0 fully saturated rings. The Labute approximate surface area is 115 Å². The largest absolute Gasteiger partial charge is 0.508 e. The first-order valence-corrected chi connectivity index (χ1v) is 6.29. The predicted octanol–water partition coefficient (Wildman–Crippen LogP) is 2.53. The van der Waals surface area contributed by atoms with Crippen LogP contribution in [0.1, 0.15) is 5.82 Å². The number of ether oxygens (including phenoxy) is 1. The van der Waals surface area contributed by atoms with Crippen molar-refractivity contribution in [2.45, 2.75) is 6.61 Å². The maximum Gasteiger partial charge on any atom is 0.176 e. The second-order valence-corrected chi connectivity index (χ2v) is 4.58. The fourth-order valence-electron chi connectivity index (χ4n) is 2.37. The monoisotopic (exact) mass is 265 g/mol. The molecule has 0 radical (unpaired) electrons. The zero-order chi connectivity index (χ0) is 13.5. The third kappa shape index (κ3) is 1.56. The molecule has 0 amide bonds. The molecular formula is C15H11N3O2. The molecule has 1 N–H and O–H groups in total. The Hall–Kier alpha value is -2.82. The predicted molar refractivity (Wildman–Crippen MR) is 72.8 cm³/mol. The van der Waals surface area contributed by atoms with Crippen LogP contribution in [0.2, 0.25) is 0 Å². The summed E-state index contributed by atoms with van der Waals surface area (Å²) in [6, 6.07) is 14.7.